The Morgan fingerprint density at radius 1 is 1.25 bits per heavy atom. The number of aromatic nitrogens is 3. The molecule has 0 saturated carbocycles. The van der Waals surface area contributed by atoms with Crippen LogP contribution in [0.15, 0.2) is 35.5 Å². The first kappa shape index (κ1) is 26.2. The molecule has 1 saturated heterocycles. The van der Waals surface area contributed by atoms with Gasteiger partial charge in [-0.05, 0) is 46.2 Å². The molecule has 1 aliphatic heterocycles. The van der Waals surface area contributed by atoms with Crippen LogP contribution >= 0.6 is 0 Å². The van der Waals surface area contributed by atoms with E-state index in [-0.39, 0.29) is 23.0 Å². The van der Waals surface area contributed by atoms with Crippen molar-refractivity contribution in [1.29, 1.82) is 0 Å². The predicted molar refractivity (Wildman–Crippen MR) is 127 cm³/mol. The molecule has 0 radical (unpaired) electrons. The third-order valence-electron chi connectivity index (χ3n) is 6.24. The third-order valence-corrected chi connectivity index (χ3v) is 8.30. The normalized spacial score (nSPS) is 17.9. The summed E-state index contributed by atoms with van der Waals surface area (Å²) in [4.78, 5) is 12.7. The van der Waals surface area contributed by atoms with Gasteiger partial charge in [-0.15, -0.1) is 0 Å². The molecule has 1 fully saturated rings. The number of nitrogens with one attached hydrogen (secondary N) is 1. The molecule has 3 aromatic rings. The quantitative estimate of drug-likeness (QED) is 0.476. The van der Waals surface area contributed by atoms with Crippen LogP contribution in [-0.4, -0.2) is 52.5 Å². The minimum Gasteiger partial charge on any atom is -0.384 e. The van der Waals surface area contributed by atoms with Crippen molar-refractivity contribution in [3.63, 3.8) is 0 Å². The number of anilines is 1. The minimum atomic E-state index is -3.84. The van der Waals surface area contributed by atoms with E-state index in [4.69, 9.17) is 4.74 Å². The fraction of sp³-hybridized carbons (Fsp3) is 0.458. The lowest BCUT2D eigenvalue weighted by Gasteiger charge is -2.30. The number of benzene rings is 1. The molecule has 12 heteroatoms. The van der Waals surface area contributed by atoms with E-state index in [1.807, 2.05) is 0 Å². The number of hydrogen-bond acceptors (Lipinski definition) is 8. The molecular formula is C24H27F3N4O4S. The SMILES string of the molecule is Cc1nc(N[C@H](C)c2cccc(C(F)(F)C(C)(C)O)c2F)c2cc(S(=O)(=O)C3CCOC3)ncc2n1. The predicted octanol–water partition coefficient (Wildman–Crippen LogP) is 4.07. The molecule has 0 aliphatic carbocycles. The topological polar surface area (TPSA) is 114 Å². The summed E-state index contributed by atoms with van der Waals surface area (Å²) in [6, 6.07) is 4.07. The molecule has 1 unspecified atom stereocenters. The largest absolute Gasteiger partial charge is 0.384 e. The molecule has 0 bridgehead atoms. The number of rotatable bonds is 7. The Morgan fingerprint density at radius 2 is 1.97 bits per heavy atom. The Kier molecular flexibility index (Phi) is 6.73. The van der Waals surface area contributed by atoms with E-state index >= 15 is 4.39 Å². The second-order valence-corrected chi connectivity index (χ2v) is 11.6. The zero-order chi connectivity index (χ0) is 26.5. The van der Waals surface area contributed by atoms with Gasteiger partial charge >= 0.3 is 5.92 Å². The number of alkyl halides is 2. The highest BCUT2D eigenvalue weighted by molar-refractivity contribution is 7.92. The molecule has 2 aromatic heterocycles. The molecule has 36 heavy (non-hydrogen) atoms. The van der Waals surface area contributed by atoms with E-state index in [0.717, 1.165) is 19.9 Å². The van der Waals surface area contributed by atoms with Crippen molar-refractivity contribution < 1.29 is 31.4 Å². The van der Waals surface area contributed by atoms with E-state index in [1.165, 1.54) is 24.4 Å². The van der Waals surface area contributed by atoms with Gasteiger partial charge in [-0.2, -0.15) is 8.78 Å². The van der Waals surface area contributed by atoms with Crippen molar-refractivity contribution in [2.75, 3.05) is 18.5 Å². The van der Waals surface area contributed by atoms with Crippen molar-refractivity contribution in [3.8, 4) is 0 Å². The Labute approximate surface area is 206 Å². The number of nitrogens with zero attached hydrogens (tertiary/aromatic N) is 3. The summed E-state index contributed by atoms with van der Waals surface area (Å²) in [5.41, 5.74) is -3.13. The lowest BCUT2D eigenvalue weighted by molar-refractivity contribution is -0.170. The second-order valence-electron chi connectivity index (χ2n) is 9.40. The van der Waals surface area contributed by atoms with E-state index in [2.05, 4.69) is 20.3 Å². The first-order valence-corrected chi connectivity index (χ1v) is 12.9. The van der Waals surface area contributed by atoms with Gasteiger partial charge in [0.2, 0.25) is 9.84 Å². The van der Waals surface area contributed by atoms with Gasteiger partial charge in [-0.3, -0.25) is 0 Å². The third kappa shape index (κ3) is 4.64. The summed E-state index contributed by atoms with van der Waals surface area (Å²) in [6.45, 7) is 5.44. The van der Waals surface area contributed by atoms with Crippen LogP contribution < -0.4 is 5.32 Å². The van der Waals surface area contributed by atoms with E-state index < -0.39 is 44.0 Å². The molecule has 0 spiro atoms. The van der Waals surface area contributed by atoms with Crippen LogP contribution in [0.25, 0.3) is 10.9 Å². The summed E-state index contributed by atoms with van der Waals surface area (Å²) >= 11 is 0. The molecule has 194 valence electrons. The van der Waals surface area contributed by atoms with Crippen molar-refractivity contribution >= 4 is 26.6 Å². The van der Waals surface area contributed by atoms with Gasteiger partial charge in [0.15, 0.2) is 5.03 Å². The van der Waals surface area contributed by atoms with Crippen LogP contribution in [0.5, 0.6) is 0 Å². The van der Waals surface area contributed by atoms with Crippen molar-refractivity contribution in [3.05, 3.63) is 53.2 Å². The number of halogens is 3. The Balaban J connectivity index is 1.74. The minimum absolute atomic E-state index is 0.0779. The van der Waals surface area contributed by atoms with Gasteiger partial charge in [-0.1, -0.05) is 12.1 Å². The number of sulfone groups is 1. The maximum Gasteiger partial charge on any atom is 0.303 e. The summed E-state index contributed by atoms with van der Waals surface area (Å²) in [7, 11) is -3.77. The Morgan fingerprint density at radius 3 is 2.61 bits per heavy atom. The fourth-order valence-corrected chi connectivity index (χ4v) is 5.57. The van der Waals surface area contributed by atoms with Crippen molar-refractivity contribution in [2.45, 2.75) is 62.0 Å². The molecule has 1 aromatic carbocycles. The smallest absolute Gasteiger partial charge is 0.303 e. The van der Waals surface area contributed by atoms with Crippen molar-refractivity contribution in [1.82, 2.24) is 15.0 Å². The zero-order valence-electron chi connectivity index (χ0n) is 20.2. The second kappa shape index (κ2) is 9.24. The van der Waals surface area contributed by atoms with Gasteiger partial charge in [0.05, 0.1) is 35.2 Å². The molecule has 3 heterocycles. The zero-order valence-corrected chi connectivity index (χ0v) is 21.0. The lowest BCUT2D eigenvalue weighted by Crippen LogP contribution is -2.41. The average Bonchev–Trinajstić information content (AvgIpc) is 3.34. The van der Waals surface area contributed by atoms with Gasteiger partial charge in [-0.25, -0.2) is 27.8 Å². The molecule has 2 atom stereocenters. The van der Waals surface area contributed by atoms with Gasteiger partial charge in [0, 0.05) is 17.6 Å². The molecular weight excluding hydrogens is 497 g/mol. The van der Waals surface area contributed by atoms with Gasteiger partial charge in [0.25, 0.3) is 0 Å². The standard InChI is InChI=1S/C24H27F3N4O4S/c1-13(16-6-5-7-18(21(16)25)24(26,27)23(3,4)32)29-22-17-10-20(28-11-19(17)30-14(2)31-22)36(33,34)15-8-9-35-12-15/h5-7,10-11,13,15,32H,8-9,12H2,1-4H3,(H,29,30,31)/t13-,15?/m1/s1. The first-order chi connectivity index (χ1) is 16.7. The fourth-order valence-electron chi connectivity index (χ4n) is 4.06. The summed E-state index contributed by atoms with van der Waals surface area (Å²) in [5.74, 6) is -4.46. The number of fused-ring (bicyclic) bond motifs is 1. The van der Waals surface area contributed by atoms with Gasteiger partial charge < -0.3 is 15.2 Å². The number of pyridine rings is 1. The Bertz CT molecular complexity index is 1400. The number of aryl methyl sites for hydroxylation is 1. The van der Waals surface area contributed by atoms with E-state index in [1.54, 1.807) is 13.8 Å². The van der Waals surface area contributed by atoms with Crippen LogP contribution in [0, 0.1) is 12.7 Å². The number of aliphatic hydroxyl groups is 1. The maximum atomic E-state index is 15.3. The van der Waals surface area contributed by atoms with Crippen LogP contribution in [0.2, 0.25) is 0 Å². The van der Waals surface area contributed by atoms with Crippen LogP contribution in [0.1, 0.15) is 50.2 Å². The average molecular weight is 525 g/mol. The molecule has 4 rings (SSSR count). The molecule has 1 aliphatic rings. The molecule has 0 amide bonds. The van der Waals surface area contributed by atoms with E-state index in [0.29, 0.717) is 29.8 Å². The number of ether oxygens (including phenoxy) is 1. The van der Waals surface area contributed by atoms with Crippen LogP contribution in [-0.2, 0) is 20.5 Å². The van der Waals surface area contributed by atoms with Crippen LogP contribution in [0.3, 0.4) is 0 Å². The van der Waals surface area contributed by atoms with Crippen molar-refractivity contribution in [2.24, 2.45) is 0 Å². The summed E-state index contributed by atoms with van der Waals surface area (Å²) < 4.78 is 76.0. The highest BCUT2D eigenvalue weighted by Gasteiger charge is 2.49. The first-order valence-electron chi connectivity index (χ1n) is 11.3. The monoisotopic (exact) mass is 524 g/mol. The lowest BCUT2D eigenvalue weighted by atomic mass is 9.91. The molecule has 8 nitrogen and oxygen atoms in total. The van der Waals surface area contributed by atoms with Crippen LogP contribution in [0.4, 0.5) is 19.0 Å². The summed E-state index contributed by atoms with van der Waals surface area (Å²) in [6.07, 6.45) is 1.69. The summed E-state index contributed by atoms with van der Waals surface area (Å²) in [5, 5.41) is 12.4. The number of hydrogen-bond donors (Lipinski definition) is 2. The molecule has 2 N–H and O–H groups in total. The maximum absolute atomic E-state index is 15.3. The Hall–Kier alpha value is -2.83. The van der Waals surface area contributed by atoms with E-state index in [9.17, 15) is 22.3 Å². The highest BCUT2D eigenvalue weighted by atomic mass is 32.2. The van der Waals surface area contributed by atoms with Gasteiger partial charge in [0.1, 0.15) is 23.1 Å². The highest BCUT2D eigenvalue weighted by Crippen LogP contribution is 2.41.